The normalized spacial score (nSPS) is 21.8. The largest absolute Gasteiger partial charge is 0.457 e. The van der Waals surface area contributed by atoms with Gasteiger partial charge in [-0.3, -0.25) is 29.8 Å². The third kappa shape index (κ3) is 6.43. The van der Waals surface area contributed by atoms with Crippen molar-refractivity contribution in [3.05, 3.63) is 119 Å². The molecule has 4 aromatic carbocycles. The second-order valence-electron chi connectivity index (χ2n) is 14.2. The Balaban J connectivity index is 1.29. The van der Waals surface area contributed by atoms with Crippen LogP contribution in [0.25, 0.3) is 11.1 Å². The van der Waals surface area contributed by atoms with E-state index in [-0.39, 0.29) is 17.1 Å². The Hall–Kier alpha value is -6.16. The molecule has 2 heterocycles. The first-order valence-electron chi connectivity index (χ1n) is 17.4. The van der Waals surface area contributed by atoms with Gasteiger partial charge in [0.2, 0.25) is 0 Å². The highest BCUT2D eigenvalue weighted by atomic mass is 16.5. The Morgan fingerprint density at radius 1 is 0.615 bits per heavy atom. The molecule has 7 rings (SSSR count). The highest BCUT2D eigenvalue weighted by molar-refractivity contribution is 6.38. The maximum atomic E-state index is 13.9. The van der Waals surface area contributed by atoms with E-state index in [1.165, 1.54) is 0 Å². The van der Waals surface area contributed by atoms with Crippen LogP contribution in [0.2, 0.25) is 0 Å². The van der Waals surface area contributed by atoms with Crippen molar-refractivity contribution in [2.45, 2.75) is 40.0 Å². The minimum absolute atomic E-state index is 0.222. The first-order valence-corrected chi connectivity index (χ1v) is 17.4. The average molecular weight is 697 g/mol. The van der Waals surface area contributed by atoms with Gasteiger partial charge in [-0.25, -0.2) is 0 Å². The number of nitrogens with two attached hydrogens (primary N) is 2. The van der Waals surface area contributed by atoms with Gasteiger partial charge in [0.1, 0.15) is 23.0 Å². The molecule has 3 aliphatic rings. The van der Waals surface area contributed by atoms with Gasteiger partial charge in [-0.2, -0.15) is 0 Å². The molecule has 1 fully saturated rings. The van der Waals surface area contributed by atoms with Crippen molar-refractivity contribution in [1.29, 1.82) is 0 Å². The molecule has 4 aromatic rings. The molecule has 0 radical (unpaired) electrons. The predicted octanol–water partition coefficient (Wildman–Crippen LogP) is 7.03. The van der Waals surface area contributed by atoms with Crippen LogP contribution < -0.4 is 31.6 Å². The standard InChI is InChI=1S/C42H40N4O6/c1-23(2)26-20-21-42(3,37-35(39(48)46-41(37)50)25-6-14-30(15-7-25)52-32-18-10-28(44)11-19-32)33(22-26)36-34(38(47)45-40(36)49)24-4-12-29(13-5-24)51-31-16-8-27(43)9-17-31/h4-19,23,26,33H,20-22,43-44H2,1-3H3,(H,45,47,49)(H,46,48,50). The molecule has 264 valence electrons. The van der Waals surface area contributed by atoms with E-state index in [1.54, 1.807) is 97.1 Å². The monoisotopic (exact) mass is 696 g/mol. The van der Waals surface area contributed by atoms with Crippen LogP contribution in [0.4, 0.5) is 11.4 Å². The average Bonchev–Trinajstić information content (AvgIpc) is 3.60. The maximum Gasteiger partial charge on any atom is 0.259 e. The number of hydrogen-bond acceptors (Lipinski definition) is 8. The number of nitrogen functional groups attached to an aromatic ring is 2. The minimum Gasteiger partial charge on any atom is -0.457 e. The number of anilines is 2. The van der Waals surface area contributed by atoms with Crippen LogP contribution in [0.5, 0.6) is 23.0 Å². The molecule has 0 spiro atoms. The zero-order chi connectivity index (χ0) is 36.7. The van der Waals surface area contributed by atoms with Crippen LogP contribution in [0.15, 0.2) is 108 Å². The molecule has 2 aliphatic heterocycles. The summed E-state index contributed by atoms with van der Waals surface area (Å²) < 4.78 is 11.9. The smallest absolute Gasteiger partial charge is 0.259 e. The van der Waals surface area contributed by atoms with Crippen molar-refractivity contribution >= 4 is 46.1 Å². The van der Waals surface area contributed by atoms with E-state index in [4.69, 9.17) is 20.9 Å². The fourth-order valence-electron chi connectivity index (χ4n) is 7.77. The lowest BCUT2D eigenvalue weighted by atomic mass is 9.56. The SMILES string of the molecule is CC(C)C1CCC(C)(C2=C(c3ccc(Oc4ccc(N)cc4)cc3)C(=O)NC2=O)C(C2=C(c3ccc(Oc4ccc(N)cc4)cc3)C(=O)NC2=O)C1. The summed E-state index contributed by atoms with van der Waals surface area (Å²) in [5.74, 6) is 0.280. The molecule has 1 saturated carbocycles. The van der Waals surface area contributed by atoms with E-state index < -0.39 is 35.0 Å². The van der Waals surface area contributed by atoms with Crippen LogP contribution in [-0.4, -0.2) is 23.6 Å². The molecule has 52 heavy (non-hydrogen) atoms. The Labute approximate surface area is 301 Å². The zero-order valence-corrected chi connectivity index (χ0v) is 29.2. The molecule has 6 N–H and O–H groups in total. The van der Waals surface area contributed by atoms with Crippen LogP contribution in [0, 0.1) is 23.2 Å². The Kier molecular flexibility index (Phi) is 8.92. The summed E-state index contributed by atoms with van der Waals surface area (Å²) in [4.78, 5) is 54.9. The molecule has 4 amide bonds. The van der Waals surface area contributed by atoms with E-state index >= 15 is 0 Å². The highest BCUT2D eigenvalue weighted by Crippen LogP contribution is 2.56. The highest BCUT2D eigenvalue weighted by Gasteiger charge is 2.54. The number of benzene rings is 4. The summed E-state index contributed by atoms with van der Waals surface area (Å²) in [7, 11) is 0. The molecule has 0 saturated heterocycles. The topological polar surface area (TPSA) is 163 Å². The van der Waals surface area contributed by atoms with E-state index in [1.807, 2.05) is 6.92 Å². The van der Waals surface area contributed by atoms with Gasteiger partial charge in [0, 0.05) is 33.9 Å². The van der Waals surface area contributed by atoms with Crippen molar-refractivity contribution in [3.8, 4) is 23.0 Å². The Morgan fingerprint density at radius 3 is 1.52 bits per heavy atom. The summed E-state index contributed by atoms with van der Waals surface area (Å²) in [6.45, 7) is 6.23. The summed E-state index contributed by atoms with van der Waals surface area (Å²) in [6, 6.07) is 28.0. The fraction of sp³-hybridized carbons (Fsp3) is 0.238. The lowest BCUT2D eigenvalue weighted by Crippen LogP contribution is -2.42. The van der Waals surface area contributed by atoms with Crippen molar-refractivity contribution in [2.75, 3.05) is 11.5 Å². The van der Waals surface area contributed by atoms with Gasteiger partial charge in [0.05, 0.1) is 11.1 Å². The summed E-state index contributed by atoms with van der Waals surface area (Å²) in [6.07, 6.45) is 1.87. The number of nitrogens with one attached hydrogen (secondary N) is 2. The molecule has 10 nitrogen and oxygen atoms in total. The van der Waals surface area contributed by atoms with Crippen LogP contribution in [0.1, 0.15) is 51.2 Å². The number of hydrogen-bond donors (Lipinski definition) is 4. The Morgan fingerprint density at radius 2 is 1.04 bits per heavy atom. The van der Waals surface area contributed by atoms with E-state index in [2.05, 4.69) is 24.5 Å². The maximum absolute atomic E-state index is 13.9. The van der Waals surface area contributed by atoms with Gasteiger partial charge in [0.25, 0.3) is 23.6 Å². The van der Waals surface area contributed by atoms with Crippen LogP contribution >= 0.6 is 0 Å². The predicted molar refractivity (Wildman–Crippen MR) is 199 cm³/mol. The number of ether oxygens (including phenoxy) is 2. The van der Waals surface area contributed by atoms with Crippen LogP contribution in [0.3, 0.4) is 0 Å². The lowest BCUT2D eigenvalue weighted by molar-refractivity contribution is -0.126. The lowest BCUT2D eigenvalue weighted by Gasteiger charge is -2.46. The number of carbonyl (C=O) groups is 4. The van der Waals surface area contributed by atoms with Crippen molar-refractivity contribution in [2.24, 2.45) is 23.2 Å². The van der Waals surface area contributed by atoms with E-state index in [9.17, 15) is 19.2 Å². The fourth-order valence-corrected chi connectivity index (χ4v) is 7.77. The van der Waals surface area contributed by atoms with E-state index in [0.717, 1.165) is 6.42 Å². The van der Waals surface area contributed by atoms with Gasteiger partial charge >= 0.3 is 0 Å². The third-order valence-corrected chi connectivity index (χ3v) is 10.6. The first-order chi connectivity index (χ1) is 24.9. The zero-order valence-electron chi connectivity index (χ0n) is 29.2. The van der Waals surface area contributed by atoms with Gasteiger partial charge in [-0.05, 0) is 115 Å². The molecule has 10 heteroatoms. The molecular weight excluding hydrogens is 656 g/mol. The minimum atomic E-state index is -0.961. The molecule has 1 aliphatic carbocycles. The van der Waals surface area contributed by atoms with Crippen molar-refractivity contribution in [1.82, 2.24) is 10.6 Å². The van der Waals surface area contributed by atoms with Gasteiger partial charge in [0.15, 0.2) is 0 Å². The summed E-state index contributed by atoms with van der Waals surface area (Å²) in [5.41, 5.74) is 14.2. The molecular formula is C42H40N4O6. The quantitative estimate of drug-likeness (QED) is 0.107. The summed E-state index contributed by atoms with van der Waals surface area (Å²) >= 11 is 0. The van der Waals surface area contributed by atoms with Gasteiger partial charge < -0.3 is 20.9 Å². The summed E-state index contributed by atoms with van der Waals surface area (Å²) in [5, 5.41) is 5.07. The first kappa shape index (κ1) is 34.3. The number of carbonyl (C=O) groups excluding carboxylic acids is 4. The second kappa shape index (κ2) is 13.5. The van der Waals surface area contributed by atoms with Gasteiger partial charge in [-0.15, -0.1) is 0 Å². The van der Waals surface area contributed by atoms with E-state index in [0.29, 0.717) is 75.4 Å². The van der Waals surface area contributed by atoms with Crippen molar-refractivity contribution in [3.63, 3.8) is 0 Å². The second-order valence-corrected chi connectivity index (χ2v) is 14.2. The van der Waals surface area contributed by atoms with Crippen LogP contribution in [-0.2, 0) is 19.2 Å². The number of rotatable bonds is 9. The van der Waals surface area contributed by atoms with Gasteiger partial charge in [-0.1, -0.05) is 45.0 Å². The molecule has 3 unspecified atom stereocenters. The molecule has 0 bridgehead atoms. The Bertz CT molecular complexity index is 2130. The molecule has 0 aromatic heterocycles. The number of amides is 4. The molecule has 3 atom stereocenters. The third-order valence-electron chi connectivity index (χ3n) is 10.6. The van der Waals surface area contributed by atoms with Crippen molar-refractivity contribution < 1.29 is 28.7 Å². The number of imide groups is 2.